The molecule has 4 nitrogen and oxygen atoms in total. The van der Waals surface area contributed by atoms with Gasteiger partial charge in [0.05, 0.1) is 12.8 Å². The predicted molar refractivity (Wildman–Crippen MR) is 53.4 cm³/mol. The summed E-state index contributed by atoms with van der Waals surface area (Å²) in [5.74, 6) is 0.710. The van der Waals surface area contributed by atoms with Crippen molar-refractivity contribution in [2.75, 3.05) is 6.61 Å². The van der Waals surface area contributed by atoms with Crippen LogP contribution in [-0.2, 0) is 9.53 Å². The van der Waals surface area contributed by atoms with Gasteiger partial charge in [0.2, 0.25) is 0 Å². The molecule has 0 bridgehead atoms. The van der Waals surface area contributed by atoms with Gasteiger partial charge in [0.1, 0.15) is 5.75 Å². The van der Waals surface area contributed by atoms with Gasteiger partial charge in [-0.15, -0.1) is 0 Å². The minimum Gasteiger partial charge on any atom is -0.506 e. The number of esters is 1. The molecule has 80 valence electrons. The molecule has 0 aliphatic heterocycles. The molecule has 1 saturated carbocycles. The molecular formula is C11H13NO3. The van der Waals surface area contributed by atoms with Crippen LogP contribution in [0.2, 0.25) is 0 Å². The highest BCUT2D eigenvalue weighted by Gasteiger charge is 2.39. The Morgan fingerprint density at radius 3 is 3.13 bits per heavy atom. The molecule has 2 atom stereocenters. The smallest absolute Gasteiger partial charge is 0.302 e. The lowest BCUT2D eigenvalue weighted by Crippen LogP contribution is -2.02. The van der Waals surface area contributed by atoms with Crippen molar-refractivity contribution in [3.05, 3.63) is 24.0 Å². The maximum absolute atomic E-state index is 10.6. The van der Waals surface area contributed by atoms with Crippen LogP contribution in [0.5, 0.6) is 5.75 Å². The molecule has 0 radical (unpaired) electrons. The van der Waals surface area contributed by atoms with Gasteiger partial charge in [-0.05, 0) is 24.0 Å². The average molecular weight is 207 g/mol. The van der Waals surface area contributed by atoms with E-state index in [-0.39, 0.29) is 11.7 Å². The minimum atomic E-state index is -0.241. The zero-order valence-electron chi connectivity index (χ0n) is 8.51. The summed E-state index contributed by atoms with van der Waals surface area (Å²) in [6.45, 7) is 1.88. The summed E-state index contributed by atoms with van der Waals surface area (Å²) in [6.07, 6.45) is 4.16. The molecule has 2 rings (SSSR count). The van der Waals surface area contributed by atoms with Gasteiger partial charge in [-0.25, -0.2) is 0 Å². The Labute approximate surface area is 87.9 Å². The quantitative estimate of drug-likeness (QED) is 0.762. The highest BCUT2D eigenvalue weighted by molar-refractivity contribution is 5.65. The molecule has 0 spiro atoms. The van der Waals surface area contributed by atoms with Crippen LogP contribution in [0.4, 0.5) is 0 Å². The summed E-state index contributed by atoms with van der Waals surface area (Å²) in [5.41, 5.74) is 1.02. The second kappa shape index (κ2) is 3.88. The normalized spacial score (nSPS) is 23.5. The zero-order valence-corrected chi connectivity index (χ0v) is 8.51. The summed E-state index contributed by atoms with van der Waals surface area (Å²) in [4.78, 5) is 14.5. The van der Waals surface area contributed by atoms with Crippen LogP contribution in [0.15, 0.2) is 18.5 Å². The number of pyridine rings is 1. The fraction of sp³-hybridized carbons (Fsp3) is 0.455. The van der Waals surface area contributed by atoms with Crippen molar-refractivity contribution in [3.8, 4) is 5.75 Å². The molecule has 0 unspecified atom stereocenters. The van der Waals surface area contributed by atoms with Gasteiger partial charge in [-0.1, -0.05) is 0 Å². The van der Waals surface area contributed by atoms with E-state index in [4.69, 9.17) is 4.74 Å². The molecule has 1 heterocycles. The molecule has 1 N–H and O–H groups in total. The van der Waals surface area contributed by atoms with Crippen LogP contribution in [0.1, 0.15) is 24.8 Å². The third-order valence-corrected chi connectivity index (χ3v) is 2.60. The van der Waals surface area contributed by atoms with E-state index < -0.39 is 0 Å². The third kappa shape index (κ3) is 2.46. The monoisotopic (exact) mass is 207 g/mol. The average Bonchev–Trinajstić information content (AvgIpc) is 2.94. The molecule has 1 aromatic rings. The van der Waals surface area contributed by atoms with Crippen molar-refractivity contribution in [1.82, 2.24) is 4.98 Å². The lowest BCUT2D eigenvalue weighted by atomic mass is 10.1. The van der Waals surface area contributed by atoms with E-state index >= 15 is 0 Å². The number of nitrogens with zero attached hydrogens (tertiary/aromatic N) is 1. The molecule has 1 aliphatic carbocycles. The van der Waals surface area contributed by atoms with E-state index in [2.05, 4.69) is 4.98 Å². The van der Waals surface area contributed by atoms with E-state index in [1.807, 2.05) is 0 Å². The van der Waals surface area contributed by atoms with Gasteiger partial charge in [0.25, 0.3) is 0 Å². The predicted octanol–water partition coefficient (Wildman–Crippen LogP) is 1.45. The highest BCUT2D eigenvalue weighted by atomic mass is 16.5. The molecule has 1 aromatic heterocycles. The number of aromatic hydroxyl groups is 1. The number of hydrogen-bond acceptors (Lipinski definition) is 4. The second-order valence-corrected chi connectivity index (χ2v) is 3.88. The first-order chi connectivity index (χ1) is 7.16. The van der Waals surface area contributed by atoms with Gasteiger partial charge >= 0.3 is 5.97 Å². The molecule has 0 amide bonds. The first-order valence-electron chi connectivity index (χ1n) is 4.94. The minimum absolute atomic E-state index is 0.186. The Hall–Kier alpha value is -1.58. The van der Waals surface area contributed by atoms with E-state index in [1.165, 1.54) is 13.1 Å². The Bertz CT molecular complexity index is 378. The van der Waals surface area contributed by atoms with E-state index in [0.29, 0.717) is 18.4 Å². The Kier molecular flexibility index (Phi) is 2.58. The molecule has 4 heteroatoms. The lowest BCUT2D eigenvalue weighted by molar-refractivity contribution is -0.141. The van der Waals surface area contributed by atoms with Crippen molar-refractivity contribution in [2.45, 2.75) is 19.3 Å². The lowest BCUT2D eigenvalue weighted by Gasteiger charge is -2.01. The highest BCUT2D eigenvalue weighted by Crippen LogP contribution is 2.47. The van der Waals surface area contributed by atoms with Crippen molar-refractivity contribution in [1.29, 1.82) is 0 Å². The molecule has 1 fully saturated rings. The SMILES string of the molecule is CC(=O)OC[C@H]1C[C@@H]1c1cncc(O)c1. The molecule has 1 aliphatic rings. The fourth-order valence-electron chi connectivity index (χ4n) is 1.71. The van der Waals surface area contributed by atoms with Gasteiger partial charge in [-0.2, -0.15) is 0 Å². The van der Waals surface area contributed by atoms with Gasteiger partial charge < -0.3 is 9.84 Å². The first-order valence-corrected chi connectivity index (χ1v) is 4.94. The number of rotatable bonds is 3. The summed E-state index contributed by atoms with van der Waals surface area (Å²) in [6, 6.07) is 1.71. The standard InChI is InChI=1S/C11H13NO3/c1-7(13)15-6-9-3-11(9)8-2-10(14)5-12-4-8/h2,4-5,9,11,14H,3,6H2,1H3/t9-,11-/m1/s1. The fourth-order valence-corrected chi connectivity index (χ4v) is 1.71. The van der Waals surface area contributed by atoms with Crippen molar-refractivity contribution in [2.24, 2.45) is 5.92 Å². The molecule has 15 heavy (non-hydrogen) atoms. The summed E-state index contributed by atoms with van der Waals surface area (Å²) in [5, 5.41) is 9.25. The number of hydrogen-bond donors (Lipinski definition) is 1. The Morgan fingerprint density at radius 1 is 1.67 bits per heavy atom. The van der Waals surface area contributed by atoms with Gasteiger partial charge in [0, 0.05) is 19.0 Å². The van der Waals surface area contributed by atoms with Crippen LogP contribution in [-0.4, -0.2) is 22.7 Å². The number of aromatic nitrogens is 1. The van der Waals surface area contributed by atoms with Crippen molar-refractivity contribution >= 4 is 5.97 Å². The summed E-state index contributed by atoms with van der Waals surface area (Å²) >= 11 is 0. The largest absolute Gasteiger partial charge is 0.506 e. The Morgan fingerprint density at radius 2 is 2.47 bits per heavy atom. The van der Waals surface area contributed by atoms with Crippen molar-refractivity contribution in [3.63, 3.8) is 0 Å². The maximum Gasteiger partial charge on any atom is 0.302 e. The summed E-state index contributed by atoms with van der Waals surface area (Å²) < 4.78 is 4.93. The number of carbonyl (C=O) groups excluding carboxylic acids is 1. The van der Waals surface area contributed by atoms with E-state index in [9.17, 15) is 9.90 Å². The molecule has 0 aromatic carbocycles. The van der Waals surface area contributed by atoms with Crippen molar-refractivity contribution < 1.29 is 14.6 Å². The molecule has 0 saturated heterocycles. The zero-order chi connectivity index (χ0) is 10.8. The van der Waals surface area contributed by atoms with Gasteiger partial charge in [0.15, 0.2) is 0 Å². The second-order valence-electron chi connectivity index (χ2n) is 3.88. The van der Waals surface area contributed by atoms with Gasteiger partial charge in [-0.3, -0.25) is 9.78 Å². The van der Waals surface area contributed by atoms with Crippen LogP contribution >= 0.6 is 0 Å². The van der Waals surface area contributed by atoms with Crippen LogP contribution < -0.4 is 0 Å². The van der Waals surface area contributed by atoms with Crippen LogP contribution in [0.25, 0.3) is 0 Å². The maximum atomic E-state index is 10.6. The third-order valence-electron chi connectivity index (χ3n) is 2.60. The Balaban J connectivity index is 1.90. The number of ether oxygens (including phenoxy) is 1. The van der Waals surface area contributed by atoms with E-state index in [1.54, 1.807) is 12.3 Å². The first kappa shape index (κ1) is 9.96. The molecular weight excluding hydrogens is 194 g/mol. The number of carbonyl (C=O) groups is 1. The van der Waals surface area contributed by atoms with Crippen LogP contribution in [0, 0.1) is 5.92 Å². The van der Waals surface area contributed by atoms with Crippen LogP contribution in [0.3, 0.4) is 0 Å². The van der Waals surface area contributed by atoms with E-state index in [0.717, 1.165) is 12.0 Å². The summed E-state index contributed by atoms with van der Waals surface area (Å²) in [7, 11) is 0. The topological polar surface area (TPSA) is 59.4 Å².